The minimum Gasteiger partial charge on any atom is -0.396 e. The predicted octanol–water partition coefficient (Wildman–Crippen LogP) is 0.984. The van der Waals surface area contributed by atoms with Gasteiger partial charge >= 0.3 is 0 Å². The van der Waals surface area contributed by atoms with Gasteiger partial charge in [0.25, 0.3) is 0 Å². The molecule has 0 unspecified atom stereocenters. The first-order valence-electron chi connectivity index (χ1n) is 3.65. The predicted molar refractivity (Wildman–Crippen MR) is 38.6 cm³/mol. The number of hydrogen-bond acceptors (Lipinski definition) is 2. The Kier molecular flexibility index (Phi) is 1.59. The van der Waals surface area contributed by atoms with Crippen molar-refractivity contribution in [1.82, 2.24) is 0 Å². The van der Waals surface area contributed by atoms with Crippen molar-refractivity contribution >= 4 is 6.29 Å². The molecule has 1 rings (SSSR count). The number of carbonyl (C=O) groups is 1. The number of carbonyl (C=O) groups excluding carboxylic acids is 1. The molecule has 0 aliphatic heterocycles. The lowest BCUT2D eigenvalue weighted by molar-refractivity contribution is -0.117. The zero-order valence-corrected chi connectivity index (χ0v) is 6.55. The summed E-state index contributed by atoms with van der Waals surface area (Å²) in [4.78, 5) is 10.6. The van der Waals surface area contributed by atoms with E-state index in [0.717, 1.165) is 19.1 Å². The molecular formula is C8H14O2. The zero-order chi connectivity index (χ0) is 7.83. The highest BCUT2D eigenvalue weighted by molar-refractivity contribution is 5.65. The van der Waals surface area contributed by atoms with Gasteiger partial charge in [0, 0.05) is 17.4 Å². The summed E-state index contributed by atoms with van der Waals surface area (Å²) in [6.45, 7) is 3.98. The van der Waals surface area contributed by atoms with Crippen LogP contribution >= 0.6 is 0 Å². The lowest BCUT2D eigenvalue weighted by Gasteiger charge is -2.27. The van der Waals surface area contributed by atoms with Gasteiger partial charge in [-0.15, -0.1) is 0 Å². The van der Waals surface area contributed by atoms with E-state index in [1.54, 1.807) is 0 Å². The lowest BCUT2D eigenvalue weighted by atomic mass is 9.77. The first-order chi connectivity index (χ1) is 4.58. The highest BCUT2D eigenvalue weighted by Gasteiger charge is 2.53. The molecule has 0 spiro atoms. The van der Waals surface area contributed by atoms with Crippen LogP contribution in [0.2, 0.25) is 0 Å². The maximum absolute atomic E-state index is 10.6. The Morgan fingerprint density at radius 2 is 2.10 bits per heavy atom. The van der Waals surface area contributed by atoms with E-state index in [9.17, 15) is 4.79 Å². The molecular weight excluding hydrogens is 128 g/mol. The Labute approximate surface area is 61.2 Å². The highest BCUT2D eigenvalue weighted by Crippen LogP contribution is 2.56. The minimum absolute atomic E-state index is 0.103. The molecule has 0 bridgehead atoms. The van der Waals surface area contributed by atoms with E-state index in [4.69, 9.17) is 5.11 Å². The van der Waals surface area contributed by atoms with Crippen LogP contribution in [0.1, 0.15) is 26.7 Å². The van der Waals surface area contributed by atoms with Crippen molar-refractivity contribution in [3.05, 3.63) is 0 Å². The van der Waals surface area contributed by atoms with Crippen molar-refractivity contribution in [3.63, 3.8) is 0 Å². The Hall–Kier alpha value is -0.370. The fourth-order valence-corrected chi connectivity index (χ4v) is 1.25. The van der Waals surface area contributed by atoms with Gasteiger partial charge in [-0.1, -0.05) is 13.8 Å². The molecule has 1 aliphatic rings. The van der Waals surface area contributed by atoms with Gasteiger partial charge in [0.2, 0.25) is 0 Å². The van der Waals surface area contributed by atoms with Crippen molar-refractivity contribution in [2.24, 2.45) is 10.8 Å². The summed E-state index contributed by atoms with van der Waals surface area (Å²) in [6, 6.07) is 0. The molecule has 0 aromatic heterocycles. The van der Waals surface area contributed by atoms with Gasteiger partial charge in [-0.2, -0.15) is 0 Å². The SMILES string of the molecule is CC(C)(CO)C1(C=O)CC1. The van der Waals surface area contributed by atoms with Crippen molar-refractivity contribution in [1.29, 1.82) is 0 Å². The van der Waals surface area contributed by atoms with Gasteiger partial charge in [-0.3, -0.25) is 0 Å². The average Bonchev–Trinajstić information content (AvgIpc) is 2.67. The Balaban J connectivity index is 2.71. The van der Waals surface area contributed by atoms with Crippen LogP contribution in [0.3, 0.4) is 0 Å². The molecule has 0 aromatic rings. The second-order valence-electron chi connectivity index (χ2n) is 3.82. The van der Waals surface area contributed by atoms with Crippen molar-refractivity contribution < 1.29 is 9.90 Å². The minimum atomic E-state index is -0.214. The van der Waals surface area contributed by atoms with Crippen LogP contribution in [0.25, 0.3) is 0 Å². The monoisotopic (exact) mass is 142 g/mol. The Bertz CT molecular complexity index is 145. The highest BCUT2D eigenvalue weighted by atomic mass is 16.3. The third kappa shape index (κ3) is 0.870. The normalized spacial score (nSPS) is 22.3. The van der Waals surface area contributed by atoms with E-state index in [-0.39, 0.29) is 17.4 Å². The summed E-state index contributed by atoms with van der Waals surface area (Å²) >= 11 is 0. The van der Waals surface area contributed by atoms with Crippen LogP contribution < -0.4 is 0 Å². The van der Waals surface area contributed by atoms with Crippen LogP contribution in [0.5, 0.6) is 0 Å². The number of aliphatic hydroxyl groups is 1. The van der Waals surface area contributed by atoms with Gasteiger partial charge < -0.3 is 9.90 Å². The number of hydrogen-bond donors (Lipinski definition) is 1. The lowest BCUT2D eigenvalue weighted by Crippen LogP contribution is -2.30. The van der Waals surface area contributed by atoms with Gasteiger partial charge in [-0.25, -0.2) is 0 Å². The standard InChI is InChI=1S/C8H14O2/c1-7(2,5-9)8(6-10)3-4-8/h6,9H,3-5H2,1-2H3. The third-order valence-electron chi connectivity index (χ3n) is 2.76. The number of aliphatic hydroxyl groups excluding tert-OH is 1. The molecule has 2 heteroatoms. The summed E-state index contributed by atoms with van der Waals surface area (Å²) in [5, 5.41) is 8.94. The smallest absolute Gasteiger partial charge is 0.126 e. The number of rotatable bonds is 3. The fourth-order valence-electron chi connectivity index (χ4n) is 1.25. The second-order valence-corrected chi connectivity index (χ2v) is 3.82. The van der Waals surface area contributed by atoms with E-state index < -0.39 is 0 Å². The van der Waals surface area contributed by atoms with Gasteiger partial charge in [0.15, 0.2) is 0 Å². The molecule has 1 aliphatic carbocycles. The van der Waals surface area contributed by atoms with Crippen LogP contribution in [0, 0.1) is 10.8 Å². The van der Waals surface area contributed by atoms with Gasteiger partial charge in [-0.05, 0) is 12.8 Å². The average molecular weight is 142 g/mol. The maximum Gasteiger partial charge on any atom is 0.126 e. The summed E-state index contributed by atoms with van der Waals surface area (Å²) in [5.41, 5.74) is -0.406. The molecule has 1 saturated carbocycles. The molecule has 0 amide bonds. The third-order valence-corrected chi connectivity index (χ3v) is 2.76. The molecule has 0 atom stereocenters. The molecule has 10 heavy (non-hydrogen) atoms. The van der Waals surface area contributed by atoms with Gasteiger partial charge in [0.05, 0.1) is 0 Å². The molecule has 0 aromatic carbocycles. The molecule has 58 valence electrons. The zero-order valence-electron chi connectivity index (χ0n) is 6.55. The van der Waals surface area contributed by atoms with Crippen molar-refractivity contribution in [3.8, 4) is 0 Å². The van der Waals surface area contributed by atoms with Gasteiger partial charge in [0.1, 0.15) is 6.29 Å². The van der Waals surface area contributed by atoms with Crippen LogP contribution in [-0.2, 0) is 4.79 Å². The second kappa shape index (κ2) is 2.06. The molecule has 2 nitrogen and oxygen atoms in total. The topological polar surface area (TPSA) is 37.3 Å². The fraction of sp³-hybridized carbons (Fsp3) is 0.875. The van der Waals surface area contributed by atoms with Crippen LogP contribution in [-0.4, -0.2) is 18.0 Å². The maximum atomic E-state index is 10.6. The van der Waals surface area contributed by atoms with E-state index in [0.29, 0.717) is 0 Å². The Morgan fingerprint density at radius 1 is 1.60 bits per heavy atom. The Morgan fingerprint density at radius 3 is 2.20 bits per heavy atom. The molecule has 0 saturated heterocycles. The quantitative estimate of drug-likeness (QED) is 0.596. The molecule has 1 N–H and O–H groups in total. The summed E-state index contributed by atoms with van der Waals surface area (Å²) in [6.07, 6.45) is 2.90. The van der Waals surface area contributed by atoms with E-state index in [1.165, 1.54) is 0 Å². The first-order valence-corrected chi connectivity index (χ1v) is 3.65. The van der Waals surface area contributed by atoms with E-state index in [1.807, 2.05) is 13.8 Å². The summed E-state index contributed by atoms with van der Waals surface area (Å²) in [5.74, 6) is 0. The van der Waals surface area contributed by atoms with Crippen molar-refractivity contribution in [2.75, 3.05) is 6.61 Å². The van der Waals surface area contributed by atoms with E-state index >= 15 is 0 Å². The number of aldehydes is 1. The largest absolute Gasteiger partial charge is 0.396 e. The van der Waals surface area contributed by atoms with Crippen LogP contribution in [0.4, 0.5) is 0 Å². The van der Waals surface area contributed by atoms with Crippen LogP contribution in [0.15, 0.2) is 0 Å². The molecule has 1 fully saturated rings. The molecule has 0 heterocycles. The van der Waals surface area contributed by atoms with E-state index in [2.05, 4.69) is 0 Å². The first kappa shape index (κ1) is 7.73. The molecule has 0 radical (unpaired) electrons. The van der Waals surface area contributed by atoms with Crippen molar-refractivity contribution in [2.45, 2.75) is 26.7 Å². The summed E-state index contributed by atoms with van der Waals surface area (Å²) in [7, 11) is 0. The summed E-state index contributed by atoms with van der Waals surface area (Å²) < 4.78 is 0.